The molecule has 1 fully saturated rings. The van der Waals surface area contributed by atoms with E-state index in [1.54, 1.807) is 4.90 Å². The number of carbonyl (C=O) groups is 2. The van der Waals surface area contributed by atoms with E-state index in [1.165, 1.54) is 0 Å². The van der Waals surface area contributed by atoms with E-state index < -0.39 is 0 Å². The summed E-state index contributed by atoms with van der Waals surface area (Å²) in [5.74, 6) is 0.991. The average molecular weight is 333 g/mol. The highest BCUT2D eigenvalue weighted by molar-refractivity contribution is 5.78. The number of urea groups is 1. The lowest BCUT2D eigenvalue weighted by Gasteiger charge is -2.34. The summed E-state index contributed by atoms with van der Waals surface area (Å²) >= 11 is 0. The van der Waals surface area contributed by atoms with Crippen molar-refractivity contribution >= 4 is 11.9 Å². The van der Waals surface area contributed by atoms with Gasteiger partial charge in [0.1, 0.15) is 5.75 Å². The molecule has 1 aliphatic rings. The lowest BCUT2D eigenvalue weighted by atomic mass is 10.1. The zero-order valence-electron chi connectivity index (χ0n) is 14.6. The minimum atomic E-state index is -0.0461. The molecule has 0 aromatic heterocycles. The summed E-state index contributed by atoms with van der Waals surface area (Å²) in [6.07, 6.45) is 1.14. The predicted molar refractivity (Wildman–Crippen MR) is 93.2 cm³/mol. The second-order valence-corrected chi connectivity index (χ2v) is 5.74. The van der Waals surface area contributed by atoms with Gasteiger partial charge in [-0.05, 0) is 31.9 Å². The Hall–Kier alpha value is -2.24. The first-order valence-electron chi connectivity index (χ1n) is 8.67. The molecule has 0 atom stereocenters. The van der Waals surface area contributed by atoms with Crippen LogP contribution in [0.5, 0.6) is 5.75 Å². The number of rotatable bonds is 6. The highest BCUT2D eigenvalue weighted by atomic mass is 16.5. The molecule has 0 spiro atoms. The van der Waals surface area contributed by atoms with Gasteiger partial charge in [-0.25, -0.2) is 4.79 Å². The van der Waals surface area contributed by atoms with Crippen molar-refractivity contribution in [3.8, 4) is 5.75 Å². The number of nitrogens with one attached hydrogen (secondary N) is 1. The molecule has 24 heavy (non-hydrogen) atoms. The highest BCUT2D eigenvalue weighted by Gasteiger charge is 2.23. The second-order valence-electron chi connectivity index (χ2n) is 5.74. The number of hydrogen-bond acceptors (Lipinski definition) is 3. The maximum absolute atomic E-state index is 12.4. The Kier molecular flexibility index (Phi) is 6.90. The number of aryl methyl sites for hydroxylation is 1. The van der Waals surface area contributed by atoms with Gasteiger partial charge < -0.3 is 19.9 Å². The molecule has 0 bridgehead atoms. The van der Waals surface area contributed by atoms with Gasteiger partial charge in [-0.1, -0.05) is 18.2 Å². The van der Waals surface area contributed by atoms with Crippen molar-refractivity contribution in [2.45, 2.75) is 26.7 Å². The zero-order chi connectivity index (χ0) is 17.4. The fraction of sp³-hybridized carbons (Fsp3) is 0.556. The molecular weight excluding hydrogens is 306 g/mol. The van der Waals surface area contributed by atoms with Gasteiger partial charge in [0.2, 0.25) is 5.91 Å². The van der Waals surface area contributed by atoms with E-state index in [4.69, 9.17) is 4.74 Å². The second kappa shape index (κ2) is 9.15. The number of nitrogens with zero attached hydrogens (tertiary/aromatic N) is 2. The van der Waals surface area contributed by atoms with Gasteiger partial charge in [0.05, 0.1) is 6.61 Å². The van der Waals surface area contributed by atoms with Crippen LogP contribution in [0.15, 0.2) is 24.3 Å². The summed E-state index contributed by atoms with van der Waals surface area (Å²) in [6.45, 7) is 7.48. The van der Waals surface area contributed by atoms with Crippen molar-refractivity contribution in [1.82, 2.24) is 15.1 Å². The van der Waals surface area contributed by atoms with Gasteiger partial charge in [0.15, 0.2) is 0 Å². The highest BCUT2D eigenvalue weighted by Crippen LogP contribution is 2.20. The van der Waals surface area contributed by atoms with Crippen LogP contribution in [-0.2, 0) is 11.2 Å². The lowest BCUT2D eigenvalue weighted by molar-refractivity contribution is -0.132. The number of para-hydroxylation sites is 1. The molecule has 1 heterocycles. The predicted octanol–water partition coefficient (Wildman–Crippen LogP) is 1.89. The molecule has 1 N–H and O–H groups in total. The van der Waals surface area contributed by atoms with Crippen LogP contribution in [0, 0.1) is 0 Å². The summed E-state index contributed by atoms with van der Waals surface area (Å²) in [5.41, 5.74) is 1.06. The SMILES string of the molecule is CCNC(=O)N1CCN(C(=O)CCc2ccccc2OCC)CC1. The van der Waals surface area contributed by atoms with Gasteiger partial charge in [-0.3, -0.25) is 4.79 Å². The smallest absolute Gasteiger partial charge is 0.317 e. The van der Waals surface area contributed by atoms with Crippen LogP contribution < -0.4 is 10.1 Å². The molecule has 6 heteroatoms. The summed E-state index contributed by atoms with van der Waals surface area (Å²) in [6, 6.07) is 7.81. The number of amides is 3. The normalized spacial score (nSPS) is 14.4. The molecular formula is C18H27N3O3. The Labute approximate surface area is 143 Å². The maximum Gasteiger partial charge on any atom is 0.317 e. The summed E-state index contributed by atoms with van der Waals surface area (Å²) in [5, 5.41) is 2.79. The average Bonchev–Trinajstić information content (AvgIpc) is 2.61. The summed E-state index contributed by atoms with van der Waals surface area (Å²) < 4.78 is 5.60. The van der Waals surface area contributed by atoms with Crippen molar-refractivity contribution in [1.29, 1.82) is 0 Å². The molecule has 132 valence electrons. The molecule has 2 rings (SSSR count). The third-order valence-electron chi connectivity index (χ3n) is 4.13. The van der Waals surface area contributed by atoms with Crippen LogP contribution in [0.3, 0.4) is 0 Å². The van der Waals surface area contributed by atoms with Gasteiger partial charge in [-0.2, -0.15) is 0 Å². The summed E-state index contributed by atoms with van der Waals surface area (Å²) in [4.78, 5) is 27.8. The van der Waals surface area contributed by atoms with Gasteiger partial charge >= 0.3 is 6.03 Å². The van der Waals surface area contributed by atoms with Crippen molar-refractivity contribution in [3.63, 3.8) is 0 Å². The molecule has 0 saturated carbocycles. The summed E-state index contributed by atoms with van der Waals surface area (Å²) in [7, 11) is 0. The Morgan fingerprint density at radius 2 is 1.75 bits per heavy atom. The molecule has 6 nitrogen and oxygen atoms in total. The van der Waals surface area contributed by atoms with Crippen molar-refractivity contribution in [3.05, 3.63) is 29.8 Å². The maximum atomic E-state index is 12.4. The standard InChI is InChI=1S/C18H27N3O3/c1-3-19-18(23)21-13-11-20(12-14-21)17(22)10-9-15-7-5-6-8-16(15)24-4-2/h5-8H,3-4,9-14H2,1-2H3,(H,19,23). The molecule has 3 amide bonds. The van der Waals surface area contributed by atoms with Gasteiger partial charge in [-0.15, -0.1) is 0 Å². The number of ether oxygens (including phenoxy) is 1. The number of carbonyl (C=O) groups excluding carboxylic acids is 2. The van der Waals surface area contributed by atoms with E-state index in [9.17, 15) is 9.59 Å². The van der Waals surface area contributed by atoms with Crippen molar-refractivity contribution in [2.75, 3.05) is 39.3 Å². The molecule has 1 aromatic rings. The Bertz CT molecular complexity index is 554. The largest absolute Gasteiger partial charge is 0.494 e. The van der Waals surface area contributed by atoms with Crippen molar-refractivity contribution < 1.29 is 14.3 Å². The van der Waals surface area contributed by atoms with E-state index in [1.807, 2.05) is 43.0 Å². The van der Waals surface area contributed by atoms with E-state index in [2.05, 4.69) is 5.32 Å². The first kappa shape index (κ1) is 18.1. The van der Waals surface area contributed by atoms with Gasteiger partial charge in [0.25, 0.3) is 0 Å². The number of piperazine rings is 1. The van der Waals surface area contributed by atoms with Crippen LogP contribution in [0.25, 0.3) is 0 Å². The molecule has 0 aliphatic carbocycles. The Morgan fingerprint density at radius 1 is 1.08 bits per heavy atom. The first-order valence-corrected chi connectivity index (χ1v) is 8.67. The van der Waals surface area contributed by atoms with E-state index in [0.29, 0.717) is 52.2 Å². The Morgan fingerprint density at radius 3 is 2.42 bits per heavy atom. The quantitative estimate of drug-likeness (QED) is 0.865. The molecule has 0 unspecified atom stereocenters. The lowest BCUT2D eigenvalue weighted by Crippen LogP contribution is -2.53. The Balaban J connectivity index is 1.81. The van der Waals surface area contributed by atoms with Crippen LogP contribution >= 0.6 is 0 Å². The van der Waals surface area contributed by atoms with Gasteiger partial charge in [0, 0.05) is 39.1 Å². The fourth-order valence-electron chi connectivity index (χ4n) is 2.83. The number of benzene rings is 1. The first-order chi connectivity index (χ1) is 11.7. The van der Waals surface area contributed by atoms with Crippen LogP contribution in [0.2, 0.25) is 0 Å². The topological polar surface area (TPSA) is 61.9 Å². The number of hydrogen-bond donors (Lipinski definition) is 1. The fourth-order valence-corrected chi connectivity index (χ4v) is 2.83. The monoisotopic (exact) mass is 333 g/mol. The minimum absolute atomic E-state index is 0.0461. The molecule has 1 aliphatic heterocycles. The molecule has 1 saturated heterocycles. The van der Waals surface area contributed by atoms with E-state index in [-0.39, 0.29) is 11.9 Å². The third-order valence-corrected chi connectivity index (χ3v) is 4.13. The molecule has 1 aromatic carbocycles. The van der Waals surface area contributed by atoms with Crippen LogP contribution in [0.4, 0.5) is 4.79 Å². The van der Waals surface area contributed by atoms with E-state index in [0.717, 1.165) is 11.3 Å². The zero-order valence-corrected chi connectivity index (χ0v) is 14.6. The van der Waals surface area contributed by atoms with Crippen molar-refractivity contribution in [2.24, 2.45) is 0 Å². The minimum Gasteiger partial charge on any atom is -0.494 e. The molecule has 0 radical (unpaired) electrons. The van der Waals surface area contributed by atoms with Crippen LogP contribution in [-0.4, -0.2) is 61.1 Å². The van der Waals surface area contributed by atoms with Crippen LogP contribution in [0.1, 0.15) is 25.8 Å². The third kappa shape index (κ3) is 4.88. The van der Waals surface area contributed by atoms with E-state index >= 15 is 0 Å².